The molecular formula is C10H11NOS. The Bertz CT molecular complexity index is 422. The topological polar surface area (TPSA) is 22.1 Å². The summed E-state index contributed by atoms with van der Waals surface area (Å²) in [6.45, 7) is 4.76. The minimum absolute atomic E-state index is 0.713. The first-order valence-electron chi connectivity index (χ1n) is 4.28. The Morgan fingerprint density at radius 3 is 3.08 bits per heavy atom. The van der Waals surface area contributed by atoms with E-state index in [1.165, 1.54) is 4.70 Å². The van der Waals surface area contributed by atoms with E-state index in [0.29, 0.717) is 6.61 Å². The van der Waals surface area contributed by atoms with E-state index in [2.05, 4.69) is 17.1 Å². The van der Waals surface area contributed by atoms with E-state index >= 15 is 0 Å². The van der Waals surface area contributed by atoms with Gasteiger partial charge in [0, 0.05) is 0 Å². The van der Waals surface area contributed by atoms with Gasteiger partial charge in [0.15, 0.2) is 0 Å². The maximum absolute atomic E-state index is 5.49. The highest BCUT2D eigenvalue weighted by atomic mass is 32.1. The van der Waals surface area contributed by atoms with Crippen LogP contribution in [0.2, 0.25) is 0 Å². The molecule has 0 aliphatic heterocycles. The number of benzene rings is 1. The van der Waals surface area contributed by atoms with Crippen LogP contribution in [0.3, 0.4) is 0 Å². The van der Waals surface area contributed by atoms with Crippen LogP contribution >= 0.6 is 11.3 Å². The monoisotopic (exact) mass is 193 g/mol. The van der Waals surface area contributed by atoms with Crippen molar-refractivity contribution in [2.45, 2.75) is 13.8 Å². The van der Waals surface area contributed by atoms with Gasteiger partial charge in [-0.1, -0.05) is 0 Å². The van der Waals surface area contributed by atoms with E-state index in [-0.39, 0.29) is 0 Å². The van der Waals surface area contributed by atoms with Gasteiger partial charge < -0.3 is 4.74 Å². The third-order valence-electron chi connectivity index (χ3n) is 1.93. The van der Waals surface area contributed by atoms with Crippen LogP contribution in [0.1, 0.15) is 12.5 Å². The Morgan fingerprint density at radius 1 is 1.46 bits per heavy atom. The molecule has 2 rings (SSSR count). The number of aryl methyl sites for hydroxylation is 1. The maximum Gasteiger partial charge on any atom is 0.123 e. The van der Waals surface area contributed by atoms with Crippen molar-refractivity contribution >= 4 is 21.6 Å². The van der Waals surface area contributed by atoms with Crippen molar-refractivity contribution in [3.8, 4) is 5.75 Å². The minimum atomic E-state index is 0.713. The van der Waals surface area contributed by atoms with Crippen molar-refractivity contribution in [1.29, 1.82) is 0 Å². The normalized spacial score (nSPS) is 10.6. The van der Waals surface area contributed by atoms with Gasteiger partial charge in [0.1, 0.15) is 5.75 Å². The van der Waals surface area contributed by atoms with Crippen LogP contribution < -0.4 is 4.74 Å². The average Bonchev–Trinajstić information content (AvgIpc) is 2.52. The van der Waals surface area contributed by atoms with Gasteiger partial charge >= 0.3 is 0 Å². The van der Waals surface area contributed by atoms with Gasteiger partial charge in [-0.05, 0) is 31.5 Å². The molecule has 0 aliphatic rings. The average molecular weight is 193 g/mol. The van der Waals surface area contributed by atoms with E-state index in [4.69, 9.17) is 4.74 Å². The molecule has 3 heteroatoms. The highest BCUT2D eigenvalue weighted by molar-refractivity contribution is 7.16. The molecule has 13 heavy (non-hydrogen) atoms. The molecule has 0 bridgehead atoms. The zero-order chi connectivity index (χ0) is 9.26. The third-order valence-corrected chi connectivity index (χ3v) is 2.72. The predicted molar refractivity (Wildman–Crippen MR) is 55.5 cm³/mol. The zero-order valence-corrected chi connectivity index (χ0v) is 8.52. The molecule has 0 amide bonds. The molecule has 0 unspecified atom stereocenters. The Labute approximate surface area is 81.2 Å². The van der Waals surface area contributed by atoms with E-state index in [9.17, 15) is 0 Å². The summed E-state index contributed by atoms with van der Waals surface area (Å²) < 4.78 is 6.68. The number of ether oxygens (including phenoxy) is 1. The van der Waals surface area contributed by atoms with Gasteiger partial charge in [-0.3, -0.25) is 0 Å². The SMILES string of the molecule is CCOc1cc2scnc2cc1C. The smallest absolute Gasteiger partial charge is 0.123 e. The highest BCUT2D eigenvalue weighted by Gasteiger charge is 2.03. The zero-order valence-electron chi connectivity index (χ0n) is 7.70. The summed E-state index contributed by atoms with van der Waals surface area (Å²) in [5, 5.41) is 0. The lowest BCUT2D eigenvalue weighted by atomic mass is 10.2. The minimum Gasteiger partial charge on any atom is -0.494 e. The summed E-state index contributed by atoms with van der Waals surface area (Å²) in [5.41, 5.74) is 4.08. The Kier molecular flexibility index (Phi) is 2.19. The van der Waals surface area contributed by atoms with Gasteiger partial charge in [-0.15, -0.1) is 11.3 Å². The van der Waals surface area contributed by atoms with Crippen molar-refractivity contribution in [2.24, 2.45) is 0 Å². The molecule has 0 aliphatic carbocycles. The van der Waals surface area contributed by atoms with E-state index < -0.39 is 0 Å². The van der Waals surface area contributed by atoms with Crippen LogP contribution in [-0.2, 0) is 0 Å². The number of hydrogen-bond donors (Lipinski definition) is 0. The number of aromatic nitrogens is 1. The van der Waals surface area contributed by atoms with Crippen LogP contribution in [0.15, 0.2) is 17.6 Å². The third kappa shape index (κ3) is 1.52. The van der Waals surface area contributed by atoms with E-state index in [1.54, 1.807) is 11.3 Å². The molecule has 1 aromatic carbocycles. The summed E-state index contributed by atoms with van der Waals surface area (Å²) in [7, 11) is 0. The van der Waals surface area contributed by atoms with Crippen molar-refractivity contribution in [2.75, 3.05) is 6.61 Å². The molecule has 0 atom stereocenters. The second-order valence-corrected chi connectivity index (χ2v) is 3.76. The number of hydrogen-bond acceptors (Lipinski definition) is 3. The summed E-state index contributed by atoms with van der Waals surface area (Å²) >= 11 is 1.64. The molecule has 2 aromatic rings. The molecule has 0 saturated heterocycles. The van der Waals surface area contributed by atoms with Gasteiger partial charge in [0.05, 0.1) is 22.3 Å². The Balaban J connectivity index is 2.56. The summed E-state index contributed by atoms with van der Waals surface area (Å²) in [4.78, 5) is 4.24. The summed E-state index contributed by atoms with van der Waals surface area (Å²) in [6.07, 6.45) is 0. The molecule has 0 spiro atoms. The second kappa shape index (κ2) is 3.34. The van der Waals surface area contributed by atoms with E-state index in [1.807, 2.05) is 19.4 Å². The fourth-order valence-corrected chi connectivity index (χ4v) is 1.99. The molecule has 0 fully saturated rings. The number of rotatable bonds is 2. The maximum atomic E-state index is 5.49. The molecule has 68 valence electrons. The molecule has 0 N–H and O–H groups in total. The molecular weight excluding hydrogens is 182 g/mol. The van der Waals surface area contributed by atoms with Crippen molar-refractivity contribution < 1.29 is 4.74 Å². The molecule has 1 aromatic heterocycles. The van der Waals surface area contributed by atoms with Gasteiger partial charge in [0.2, 0.25) is 0 Å². The van der Waals surface area contributed by atoms with Gasteiger partial charge in [0.25, 0.3) is 0 Å². The van der Waals surface area contributed by atoms with Crippen molar-refractivity contribution in [3.05, 3.63) is 23.2 Å². The van der Waals surface area contributed by atoms with Crippen LogP contribution in [0, 0.1) is 6.92 Å². The number of nitrogens with zero attached hydrogens (tertiary/aromatic N) is 1. The summed E-state index contributed by atoms with van der Waals surface area (Å²) in [5.74, 6) is 0.972. The second-order valence-electron chi connectivity index (χ2n) is 2.87. The summed E-state index contributed by atoms with van der Waals surface area (Å²) in [6, 6.07) is 4.13. The molecule has 1 heterocycles. The predicted octanol–water partition coefficient (Wildman–Crippen LogP) is 3.00. The Hall–Kier alpha value is -1.09. The lowest BCUT2D eigenvalue weighted by molar-refractivity contribution is 0.338. The lowest BCUT2D eigenvalue weighted by Gasteiger charge is -2.05. The van der Waals surface area contributed by atoms with Crippen LogP contribution in [0.4, 0.5) is 0 Å². The van der Waals surface area contributed by atoms with Crippen molar-refractivity contribution in [3.63, 3.8) is 0 Å². The molecule has 2 nitrogen and oxygen atoms in total. The molecule has 0 radical (unpaired) electrons. The first-order chi connectivity index (χ1) is 6.31. The lowest BCUT2D eigenvalue weighted by Crippen LogP contribution is -1.93. The van der Waals surface area contributed by atoms with Gasteiger partial charge in [-0.2, -0.15) is 0 Å². The van der Waals surface area contributed by atoms with Crippen LogP contribution in [-0.4, -0.2) is 11.6 Å². The highest BCUT2D eigenvalue weighted by Crippen LogP contribution is 2.27. The first kappa shape index (κ1) is 8.51. The van der Waals surface area contributed by atoms with Crippen LogP contribution in [0.5, 0.6) is 5.75 Å². The fourth-order valence-electron chi connectivity index (χ4n) is 1.30. The quantitative estimate of drug-likeness (QED) is 0.731. The van der Waals surface area contributed by atoms with E-state index in [0.717, 1.165) is 16.8 Å². The fraction of sp³-hybridized carbons (Fsp3) is 0.300. The largest absolute Gasteiger partial charge is 0.494 e. The Morgan fingerprint density at radius 2 is 2.31 bits per heavy atom. The standard InChI is InChI=1S/C10H11NOS/c1-3-12-9-5-10-8(4-7(9)2)11-6-13-10/h4-6H,3H2,1-2H3. The van der Waals surface area contributed by atoms with Crippen LogP contribution in [0.25, 0.3) is 10.2 Å². The van der Waals surface area contributed by atoms with Gasteiger partial charge in [-0.25, -0.2) is 4.98 Å². The number of thiazole rings is 1. The first-order valence-corrected chi connectivity index (χ1v) is 5.16. The van der Waals surface area contributed by atoms with Crippen molar-refractivity contribution in [1.82, 2.24) is 4.98 Å². The number of fused-ring (bicyclic) bond motifs is 1. The molecule has 0 saturated carbocycles.